The molecular formula is C30H24F4N10O2. The van der Waals surface area contributed by atoms with Crippen LogP contribution in [0.4, 0.5) is 17.6 Å². The molecule has 16 heteroatoms. The lowest BCUT2D eigenvalue weighted by Gasteiger charge is -2.38. The van der Waals surface area contributed by atoms with Crippen LogP contribution in [0.5, 0.6) is 0 Å². The van der Waals surface area contributed by atoms with E-state index in [1.165, 1.54) is 12.4 Å². The van der Waals surface area contributed by atoms with Gasteiger partial charge in [0.2, 0.25) is 5.89 Å². The van der Waals surface area contributed by atoms with Crippen LogP contribution in [0.1, 0.15) is 41.0 Å². The average molecular weight is 633 g/mol. The van der Waals surface area contributed by atoms with E-state index in [9.17, 15) is 22.4 Å². The van der Waals surface area contributed by atoms with Gasteiger partial charge in [0.15, 0.2) is 11.4 Å². The van der Waals surface area contributed by atoms with Gasteiger partial charge in [0.05, 0.1) is 24.3 Å². The summed E-state index contributed by atoms with van der Waals surface area (Å²) in [6.07, 6.45) is 3.91. The molecular weight excluding hydrogens is 608 g/mol. The zero-order valence-corrected chi connectivity index (χ0v) is 23.9. The molecule has 1 aliphatic rings. The van der Waals surface area contributed by atoms with E-state index in [0.29, 0.717) is 48.4 Å². The number of aromatic nitrogens is 8. The Balaban J connectivity index is 1.08. The number of rotatable bonds is 8. The first kappa shape index (κ1) is 29.2. The summed E-state index contributed by atoms with van der Waals surface area (Å²) in [5, 5.41) is 11.3. The van der Waals surface area contributed by atoms with E-state index in [1.54, 1.807) is 35.2 Å². The number of carbonyl (C=O) groups excluding carboxylic acids is 1. The standard InChI is InChI=1S/C30H24F4N10O2/c31-29(32)43-17-35-16-23(43)19-6-7-24-21(14-19)37-27(46-24)20-8-9-36-22(15-20)28(45)42-12-10-41(11-13-42)25(18-4-2-1-3-5-18)26-38-40-44(39-26)30(33)34/h1-9,14-17,25,29-30H,10-13H2/t25-/m1/s1. The number of imidazole rings is 1. The van der Waals surface area contributed by atoms with Gasteiger partial charge in [-0.15, -0.1) is 10.2 Å². The number of amides is 1. The molecule has 0 unspecified atom stereocenters. The van der Waals surface area contributed by atoms with Crippen molar-refractivity contribution in [2.45, 2.75) is 19.1 Å². The number of tetrazole rings is 1. The van der Waals surface area contributed by atoms with E-state index in [4.69, 9.17) is 4.42 Å². The minimum atomic E-state index is -2.91. The predicted octanol–water partition coefficient (Wildman–Crippen LogP) is 5.08. The largest absolute Gasteiger partial charge is 0.436 e. The number of halogens is 4. The lowest BCUT2D eigenvalue weighted by Crippen LogP contribution is -2.50. The monoisotopic (exact) mass is 632 g/mol. The van der Waals surface area contributed by atoms with Crippen LogP contribution < -0.4 is 0 Å². The topological polar surface area (TPSA) is 124 Å². The van der Waals surface area contributed by atoms with Crippen LogP contribution in [0.3, 0.4) is 0 Å². The molecule has 0 radical (unpaired) electrons. The third-order valence-electron chi connectivity index (χ3n) is 7.73. The van der Waals surface area contributed by atoms with Crippen molar-refractivity contribution in [1.29, 1.82) is 0 Å². The van der Waals surface area contributed by atoms with Gasteiger partial charge in [-0.05, 0) is 41.1 Å². The number of hydrogen-bond acceptors (Lipinski definition) is 9. The molecule has 1 atom stereocenters. The fourth-order valence-corrected chi connectivity index (χ4v) is 5.51. The van der Waals surface area contributed by atoms with E-state index in [1.807, 2.05) is 35.2 Å². The Bertz CT molecular complexity index is 1990. The van der Waals surface area contributed by atoms with Gasteiger partial charge in [-0.3, -0.25) is 19.2 Å². The van der Waals surface area contributed by atoms with Crippen molar-refractivity contribution in [3.8, 4) is 22.7 Å². The molecule has 7 rings (SSSR count). The lowest BCUT2D eigenvalue weighted by molar-refractivity contribution is 0.0385. The van der Waals surface area contributed by atoms with Gasteiger partial charge in [0.25, 0.3) is 5.91 Å². The second kappa shape index (κ2) is 12.1. The highest BCUT2D eigenvalue weighted by Gasteiger charge is 2.32. The number of carbonyl (C=O) groups is 1. The molecule has 1 aliphatic heterocycles. The summed E-state index contributed by atoms with van der Waals surface area (Å²) in [5.41, 5.74) is 3.16. The van der Waals surface area contributed by atoms with Gasteiger partial charge in [0.1, 0.15) is 11.2 Å². The summed E-state index contributed by atoms with van der Waals surface area (Å²) in [6, 6.07) is 16.9. The molecule has 1 saturated heterocycles. The van der Waals surface area contributed by atoms with Crippen molar-refractivity contribution in [2.24, 2.45) is 0 Å². The Morgan fingerprint density at radius 2 is 1.70 bits per heavy atom. The van der Waals surface area contributed by atoms with Crippen molar-refractivity contribution in [3.05, 3.63) is 96.5 Å². The average Bonchev–Trinajstić information content (AvgIpc) is 3.85. The Labute approximate surface area is 257 Å². The summed E-state index contributed by atoms with van der Waals surface area (Å²) in [5.74, 6) is 0.0924. The summed E-state index contributed by atoms with van der Waals surface area (Å²) >= 11 is 0. The van der Waals surface area contributed by atoms with Crippen LogP contribution in [0.25, 0.3) is 33.8 Å². The van der Waals surface area contributed by atoms with Gasteiger partial charge in [-0.25, -0.2) is 9.97 Å². The van der Waals surface area contributed by atoms with E-state index >= 15 is 0 Å². The number of fused-ring (bicyclic) bond motifs is 1. The predicted molar refractivity (Wildman–Crippen MR) is 155 cm³/mol. The molecule has 0 bridgehead atoms. The van der Waals surface area contributed by atoms with E-state index < -0.39 is 19.1 Å². The van der Waals surface area contributed by atoms with Gasteiger partial charge in [0, 0.05) is 43.5 Å². The first-order valence-electron chi connectivity index (χ1n) is 14.2. The molecule has 0 N–H and O–H groups in total. The molecule has 1 fully saturated rings. The van der Waals surface area contributed by atoms with Gasteiger partial charge >= 0.3 is 13.1 Å². The number of benzene rings is 2. The molecule has 0 saturated carbocycles. The third kappa shape index (κ3) is 5.58. The molecule has 234 valence electrons. The zero-order chi connectivity index (χ0) is 31.8. The molecule has 0 aliphatic carbocycles. The number of piperazine rings is 1. The Kier molecular flexibility index (Phi) is 7.69. The number of alkyl halides is 4. The van der Waals surface area contributed by atoms with Crippen LogP contribution >= 0.6 is 0 Å². The molecule has 2 aromatic carbocycles. The SMILES string of the molecule is O=C(c1cc(-c2nc3cc(-c4cncn4C(F)F)ccc3o2)ccn1)N1CCN([C@H](c2ccccc2)c2nnn(C(F)F)n2)CC1. The first-order valence-corrected chi connectivity index (χ1v) is 14.2. The van der Waals surface area contributed by atoms with Gasteiger partial charge in [-0.2, -0.15) is 17.6 Å². The molecule has 0 spiro atoms. The summed E-state index contributed by atoms with van der Waals surface area (Å²) in [7, 11) is 0. The van der Waals surface area contributed by atoms with Gasteiger partial charge < -0.3 is 9.32 Å². The first-order chi connectivity index (χ1) is 22.4. The van der Waals surface area contributed by atoms with Crippen molar-refractivity contribution in [2.75, 3.05) is 26.2 Å². The van der Waals surface area contributed by atoms with Crippen molar-refractivity contribution < 1.29 is 26.8 Å². The van der Waals surface area contributed by atoms with Crippen LogP contribution in [-0.2, 0) is 0 Å². The quantitative estimate of drug-likeness (QED) is 0.212. The molecule has 6 aromatic rings. The Morgan fingerprint density at radius 1 is 0.891 bits per heavy atom. The Morgan fingerprint density at radius 3 is 2.43 bits per heavy atom. The second-order valence-electron chi connectivity index (χ2n) is 10.5. The molecule has 46 heavy (non-hydrogen) atoms. The molecule has 5 heterocycles. The maximum Gasteiger partial charge on any atom is 0.350 e. The number of pyridine rings is 1. The number of nitrogens with zero attached hydrogens (tertiary/aromatic N) is 10. The fourth-order valence-electron chi connectivity index (χ4n) is 5.51. The van der Waals surface area contributed by atoms with Crippen molar-refractivity contribution in [3.63, 3.8) is 0 Å². The Hall–Kier alpha value is -5.51. The van der Waals surface area contributed by atoms with E-state index in [2.05, 4.69) is 30.4 Å². The molecule has 4 aromatic heterocycles. The third-order valence-corrected chi connectivity index (χ3v) is 7.73. The van der Waals surface area contributed by atoms with Crippen LogP contribution in [-0.4, -0.2) is 81.6 Å². The van der Waals surface area contributed by atoms with E-state index in [-0.39, 0.29) is 33.8 Å². The van der Waals surface area contributed by atoms with Gasteiger partial charge in [-0.1, -0.05) is 35.1 Å². The highest BCUT2D eigenvalue weighted by Crippen LogP contribution is 2.31. The molecule has 1 amide bonds. The zero-order valence-electron chi connectivity index (χ0n) is 23.9. The fraction of sp³-hybridized carbons (Fsp3) is 0.233. The van der Waals surface area contributed by atoms with Crippen LogP contribution in [0, 0.1) is 0 Å². The lowest BCUT2D eigenvalue weighted by atomic mass is 10.0. The minimum absolute atomic E-state index is 0.144. The van der Waals surface area contributed by atoms with E-state index in [0.717, 1.165) is 16.5 Å². The molecule has 12 nitrogen and oxygen atoms in total. The number of hydrogen-bond donors (Lipinski definition) is 0. The summed E-state index contributed by atoms with van der Waals surface area (Å²) < 4.78 is 59.8. The summed E-state index contributed by atoms with van der Waals surface area (Å²) in [4.78, 5) is 30.1. The second-order valence-corrected chi connectivity index (χ2v) is 10.5. The normalized spacial score (nSPS) is 14.9. The smallest absolute Gasteiger partial charge is 0.350 e. The van der Waals surface area contributed by atoms with Crippen LogP contribution in [0.2, 0.25) is 0 Å². The maximum atomic E-state index is 13.5. The highest BCUT2D eigenvalue weighted by atomic mass is 19.3. The van der Waals surface area contributed by atoms with Crippen LogP contribution in [0.15, 0.2) is 83.8 Å². The van der Waals surface area contributed by atoms with Crippen molar-refractivity contribution >= 4 is 17.0 Å². The summed E-state index contributed by atoms with van der Waals surface area (Å²) in [6.45, 7) is -4.12. The highest BCUT2D eigenvalue weighted by molar-refractivity contribution is 5.93. The van der Waals surface area contributed by atoms with Crippen molar-refractivity contribution in [1.82, 2.24) is 49.5 Å². The minimum Gasteiger partial charge on any atom is -0.436 e. The number of oxazole rings is 1. The maximum absolute atomic E-state index is 13.5.